The van der Waals surface area contributed by atoms with Gasteiger partial charge >= 0.3 is 0 Å². The highest BCUT2D eigenvalue weighted by Crippen LogP contribution is 2.25. The molecule has 0 saturated carbocycles. The molecule has 2 rings (SSSR count). The van der Waals surface area contributed by atoms with E-state index in [-0.39, 0.29) is 0 Å². The molecule has 0 atom stereocenters. The van der Waals surface area contributed by atoms with Crippen molar-refractivity contribution in [3.63, 3.8) is 0 Å². The number of Topliss-reactive ketones (excluding diaryl/α,β-unsaturated/α-hetero) is 1. The summed E-state index contributed by atoms with van der Waals surface area (Å²) in [4.78, 5) is 11.7. The van der Waals surface area contributed by atoms with E-state index in [0.29, 0.717) is 12.2 Å². The van der Waals surface area contributed by atoms with Crippen LogP contribution in [0.4, 0.5) is 0 Å². The van der Waals surface area contributed by atoms with Gasteiger partial charge < -0.3 is 0 Å². The Kier molecular flexibility index (Phi) is 3.35. The highest BCUT2D eigenvalue weighted by atomic mass is 16.1. The van der Waals surface area contributed by atoms with Gasteiger partial charge in [-0.15, -0.1) is 0 Å². The number of hydrogen-bond donors (Lipinski definition) is 0. The van der Waals surface area contributed by atoms with Crippen LogP contribution in [0.3, 0.4) is 0 Å². The Morgan fingerprint density at radius 2 is 2.00 bits per heavy atom. The van der Waals surface area contributed by atoms with Gasteiger partial charge in [0.2, 0.25) is 0 Å². The van der Waals surface area contributed by atoms with Crippen molar-refractivity contribution >= 4 is 11.9 Å². The molecule has 0 saturated heterocycles. The minimum atomic E-state index is 0.295. The Morgan fingerprint density at radius 3 is 2.69 bits per heavy atom. The van der Waals surface area contributed by atoms with Crippen molar-refractivity contribution in [2.75, 3.05) is 0 Å². The molecule has 1 heteroatoms. The summed E-state index contributed by atoms with van der Waals surface area (Å²) in [5.41, 5.74) is 3.30. The topological polar surface area (TPSA) is 17.1 Å². The fourth-order valence-electron chi connectivity index (χ4n) is 1.99. The monoisotopic (exact) mass is 212 g/mol. The third-order valence-corrected chi connectivity index (χ3v) is 2.75. The van der Waals surface area contributed by atoms with E-state index in [2.05, 4.69) is 31.2 Å². The lowest BCUT2D eigenvalue weighted by Gasteiger charge is -1.94. The van der Waals surface area contributed by atoms with E-state index in [1.165, 1.54) is 5.56 Å². The van der Waals surface area contributed by atoms with Gasteiger partial charge in [-0.05, 0) is 23.1 Å². The Bertz CT molecular complexity index is 438. The van der Waals surface area contributed by atoms with Crippen molar-refractivity contribution in [2.24, 2.45) is 0 Å². The van der Waals surface area contributed by atoms with Gasteiger partial charge in [0, 0.05) is 6.42 Å². The van der Waals surface area contributed by atoms with Crippen molar-refractivity contribution in [1.29, 1.82) is 0 Å². The number of ketones is 1. The van der Waals surface area contributed by atoms with Crippen LogP contribution in [0.2, 0.25) is 0 Å². The first-order chi connectivity index (χ1) is 7.79. The molecule has 1 aromatic rings. The van der Waals surface area contributed by atoms with Gasteiger partial charge in [0.05, 0.1) is 0 Å². The highest BCUT2D eigenvalue weighted by molar-refractivity contribution is 6.02. The minimum Gasteiger partial charge on any atom is -0.294 e. The second kappa shape index (κ2) is 4.93. The predicted octanol–water partition coefficient (Wildman–Crippen LogP) is 3.77. The van der Waals surface area contributed by atoms with Gasteiger partial charge in [-0.25, -0.2) is 0 Å². The highest BCUT2D eigenvalue weighted by Gasteiger charge is 2.17. The van der Waals surface area contributed by atoms with Crippen LogP contribution in [0.25, 0.3) is 6.08 Å². The molecule has 0 bridgehead atoms. The van der Waals surface area contributed by atoms with E-state index < -0.39 is 0 Å². The van der Waals surface area contributed by atoms with E-state index in [1.807, 2.05) is 18.2 Å². The molecule has 1 nitrogen and oxygen atoms in total. The van der Waals surface area contributed by atoms with Crippen LogP contribution < -0.4 is 0 Å². The molecule has 0 aromatic heterocycles. The van der Waals surface area contributed by atoms with Crippen molar-refractivity contribution in [2.45, 2.75) is 26.2 Å². The maximum Gasteiger partial charge on any atom is 0.163 e. The van der Waals surface area contributed by atoms with Gasteiger partial charge in [-0.1, -0.05) is 55.8 Å². The van der Waals surface area contributed by atoms with E-state index in [1.54, 1.807) is 0 Å². The zero-order valence-corrected chi connectivity index (χ0v) is 9.57. The average Bonchev–Trinajstić information content (AvgIpc) is 2.61. The molecule has 0 fully saturated rings. The third-order valence-electron chi connectivity index (χ3n) is 2.75. The smallest absolute Gasteiger partial charge is 0.163 e. The number of benzene rings is 1. The molecule has 82 valence electrons. The van der Waals surface area contributed by atoms with Crippen LogP contribution in [0.15, 0.2) is 47.6 Å². The average molecular weight is 212 g/mol. The first kappa shape index (κ1) is 10.9. The summed E-state index contributed by atoms with van der Waals surface area (Å²) < 4.78 is 0. The second-order valence-corrected chi connectivity index (χ2v) is 4.15. The lowest BCUT2D eigenvalue weighted by molar-refractivity contribution is -0.114. The maximum atomic E-state index is 11.7. The zero-order chi connectivity index (χ0) is 11.4. The number of carbonyl (C=O) groups is 1. The first-order valence-electron chi connectivity index (χ1n) is 5.79. The van der Waals surface area contributed by atoms with E-state index in [0.717, 1.165) is 24.0 Å². The predicted molar refractivity (Wildman–Crippen MR) is 67.0 cm³/mol. The largest absolute Gasteiger partial charge is 0.294 e. The minimum absolute atomic E-state index is 0.295. The Balaban J connectivity index is 2.19. The van der Waals surface area contributed by atoms with Crippen LogP contribution >= 0.6 is 0 Å². The molecule has 0 radical (unpaired) electrons. The van der Waals surface area contributed by atoms with Crippen LogP contribution in [0, 0.1) is 0 Å². The molecular formula is C15H16O. The van der Waals surface area contributed by atoms with Crippen molar-refractivity contribution in [1.82, 2.24) is 0 Å². The molecule has 1 aliphatic carbocycles. The summed E-state index contributed by atoms with van der Waals surface area (Å²) >= 11 is 0. The van der Waals surface area contributed by atoms with Crippen molar-refractivity contribution < 1.29 is 4.79 Å². The summed E-state index contributed by atoms with van der Waals surface area (Å²) in [6, 6.07) is 10.1. The molecule has 0 N–H and O–H groups in total. The molecule has 0 unspecified atom stereocenters. The third kappa shape index (κ3) is 2.48. The molecule has 0 amide bonds. The fraction of sp³-hybridized carbons (Fsp3) is 0.267. The fourth-order valence-corrected chi connectivity index (χ4v) is 1.99. The summed E-state index contributed by atoms with van der Waals surface area (Å²) in [6.45, 7) is 2.10. The van der Waals surface area contributed by atoms with Crippen LogP contribution in [0.1, 0.15) is 31.7 Å². The molecule has 16 heavy (non-hydrogen) atoms. The van der Waals surface area contributed by atoms with E-state index in [4.69, 9.17) is 0 Å². The SMILES string of the molecule is CCCC1=C/C(=C/c2ccccc2)CC1=O. The number of carbonyl (C=O) groups excluding carboxylic acids is 1. The molecule has 0 heterocycles. The number of hydrogen-bond acceptors (Lipinski definition) is 1. The molecule has 0 spiro atoms. The van der Waals surface area contributed by atoms with Gasteiger partial charge in [-0.2, -0.15) is 0 Å². The molecular weight excluding hydrogens is 196 g/mol. The number of allylic oxidation sites excluding steroid dienone is 3. The lowest BCUT2D eigenvalue weighted by atomic mass is 10.1. The van der Waals surface area contributed by atoms with Crippen molar-refractivity contribution in [3.8, 4) is 0 Å². The van der Waals surface area contributed by atoms with Crippen molar-refractivity contribution in [3.05, 3.63) is 53.1 Å². The van der Waals surface area contributed by atoms with Gasteiger partial charge in [0.1, 0.15) is 0 Å². The van der Waals surface area contributed by atoms with E-state index in [9.17, 15) is 4.79 Å². The second-order valence-electron chi connectivity index (χ2n) is 4.15. The summed E-state index contributed by atoms with van der Waals surface area (Å²) in [6.07, 6.45) is 6.67. The van der Waals surface area contributed by atoms with Crippen LogP contribution in [-0.2, 0) is 4.79 Å². The Morgan fingerprint density at radius 1 is 1.25 bits per heavy atom. The molecule has 1 aliphatic rings. The first-order valence-corrected chi connectivity index (χ1v) is 5.79. The normalized spacial score (nSPS) is 17.9. The number of rotatable bonds is 3. The summed E-state index contributed by atoms with van der Waals surface area (Å²) in [7, 11) is 0. The maximum absolute atomic E-state index is 11.7. The molecule has 1 aromatic carbocycles. The Hall–Kier alpha value is -1.63. The van der Waals surface area contributed by atoms with E-state index >= 15 is 0 Å². The van der Waals surface area contributed by atoms with Gasteiger partial charge in [-0.3, -0.25) is 4.79 Å². The van der Waals surface area contributed by atoms with Crippen LogP contribution in [0.5, 0.6) is 0 Å². The quantitative estimate of drug-likeness (QED) is 0.745. The van der Waals surface area contributed by atoms with Gasteiger partial charge in [0.25, 0.3) is 0 Å². The Labute approximate surface area is 96.5 Å². The summed E-state index contributed by atoms with van der Waals surface area (Å²) in [5, 5.41) is 0. The van der Waals surface area contributed by atoms with Crippen LogP contribution in [-0.4, -0.2) is 5.78 Å². The van der Waals surface area contributed by atoms with Gasteiger partial charge in [0.15, 0.2) is 5.78 Å². The zero-order valence-electron chi connectivity index (χ0n) is 9.57. The summed E-state index contributed by atoms with van der Waals surface area (Å²) in [5.74, 6) is 0.295. The standard InChI is InChI=1S/C15H16O/c1-2-6-14-10-13(11-15(14)16)9-12-7-4-3-5-8-12/h3-5,7-10H,2,6,11H2,1H3/b13-9-. The molecule has 0 aliphatic heterocycles. The lowest BCUT2D eigenvalue weighted by Crippen LogP contribution is -1.94.